The quantitative estimate of drug-likeness (QED) is 0.783. The number of ether oxygens (including phenoxy) is 1. The molecule has 0 radical (unpaired) electrons. The van der Waals surface area contributed by atoms with E-state index in [1.54, 1.807) is 25.1 Å². The van der Waals surface area contributed by atoms with Gasteiger partial charge in [0.2, 0.25) is 0 Å². The van der Waals surface area contributed by atoms with Gasteiger partial charge in [-0.15, -0.1) is 0 Å². The van der Waals surface area contributed by atoms with Crippen LogP contribution < -0.4 is 5.73 Å². The summed E-state index contributed by atoms with van der Waals surface area (Å²) in [4.78, 5) is 11.2. The Kier molecular flexibility index (Phi) is 6.24. The topological polar surface area (TPSA) is 52.3 Å². The van der Waals surface area contributed by atoms with E-state index in [0.717, 1.165) is 11.8 Å². The number of carbonyl (C=O) groups excluding carboxylic acids is 1. The van der Waals surface area contributed by atoms with Crippen molar-refractivity contribution >= 4 is 17.7 Å². The summed E-state index contributed by atoms with van der Waals surface area (Å²) in [5.41, 5.74) is 5.50. The SMILES string of the molecule is CCOC(=O)C(N)CSCC(F)(F)c1ccccc1. The van der Waals surface area contributed by atoms with Crippen molar-refractivity contribution in [2.75, 3.05) is 18.1 Å². The van der Waals surface area contributed by atoms with Crippen molar-refractivity contribution in [3.8, 4) is 0 Å². The molecule has 0 aromatic heterocycles. The third kappa shape index (κ3) is 5.16. The highest BCUT2D eigenvalue weighted by atomic mass is 32.2. The van der Waals surface area contributed by atoms with E-state index in [-0.39, 0.29) is 17.9 Å². The second-order valence-corrected chi connectivity index (χ2v) is 4.97. The van der Waals surface area contributed by atoms with E-state index in [1.165, 1.54) is 12.1 Å². The minimum atomic E-state index is -2.93. The van der Waals surface area contributed by atoms with Gasteiger partial charge < -0.3 is 10.5 Å². The fraction of sp³-hybridized carbons (Fsp3) is 0.462. The monoisotopic (exact) mass is 289 g/mol. The number of alkyl halides is 2. The molecular formula is C13H17F2NO2S. The highest BCUT2D eigenvalue weighted by Crippen LogP contribution is 2.31. The third-order valence-corrected chi connectivity index (χ3v) is 3.53. The van der Waals surface area contributed by atoms with Crippen molar-refractivity contribution in [3.63, 3.8) is 0 Å². The van der Waals surface area contributed by atoms with Gasteiger partial charge in [0.05, 0.1) is 12.4 Å². The van der Waals surface area contributed by atoms with Crippen LogP contribution in [0.2, 0.25) is 0 Å². The first-order valence-corrected chi connectivity index (χ1v) is 7.06. The van der Waals surface area contributed by atoms with Crippen LogP contribution in [0.15, 0.2) is 30.3 Å². The lowest BCUT2D eigenvalue weighted by Gasteiger charge is -2.17. The maximum atomic E-state index is 13.8. The van der Waals surface area contributed by atoms with Crippen LogP contribution >= 0.6 is 11.8 Å². The molecule has 1 unspecified atom stereocenters. The molecule has 0 heterocycles. The van der Waals surface area contributed by atoms with Crippen LogP contribution in [0.3, 0.4) is 0 Å². The molecule has 1 rings (SSSR count). The fourth-order valence-electron chi connectivity index (χ4n) is 1.40. The minimum absolute atomic E-state index is 0.0350. The molecule has 0 fully saturated rings. The standard InChI is InChI=1S/C13H17F2NO2S/c1-2-18-12(17)11(16)8-19-9-13(14,15)10-6-4-3-5-7-10/h3-7,11H,2,8-9,16H2,1H3. The second-order valence-electron chi connectivity index (χ2n) is 3.94. The summed E-state index contributed by atoms with van der Waals surface area (Å²) in [5, 5.41) is 0. The van der Waals surface area contributed by atoms with Crippen LogP contribution in [0.1, 0.15) is 12.5 Å². The molecule has 0 saturated heterocycles. The molecule has 1 aromatic carbocycles. The summed E-state index contributed by atoms with van der Waals surface area (Å²) < 4.78 is 32.3. The first kappa shape index (κ1) is 15.9. The molecule has 19 heavy (non-hydrogen) atoms. The van der Waals surface area contributed by atoms with Crippen LogP contribution in [0, 0.1) is 0 Å². The lowest BCUT2D eigenvalue weighted by atomic mass is 10.1. The number of rotatable bonds is 7. The van der Waals surface area contributed by atoms with Crippen LogP contribution in [0.5, 0.6) is 0 Å². The Labute approximate surface area is 115 Å². The van der Waals surface area contributed by atoms with Crippen molar-refractivity contribution in [2.24, 2.45) is 5.73 Å². The summed E-state index contributed by atoms with van der Waals surface area (Å²) in [5.74, 6) is -3.79. The third-order valence-electron chi connectivity index (χ3n) is 2.37. The number of esters is 1. The van der Waals surface area contributed by atoms with E-state index in [4.69, 9.17) is 10.5 Å². The van der Waals surface area contributed by atoms with Gasteiger partial charge in [-0.1, -0.05) is 30.3 Å². The van der Waals surface area contributed by atoms with Crippen molar-refractivity contribution in [1.82, 2.24) is 0 Å². The lowest BCUT2D eigenvalue weighted by molar-refractivity contribution is -0.144. The molecule has 1 atom stereocenters. The molecule has 0 amide bonds. The molecule has 3 nitrogen and oxygen atoms in total. The van der Waals surface area contributed by atoms with Gasteiger partial charge in [-0.3, -0.25) is 4.79 Å². The summed E-state index contributed by atoms with van der Waals surface area (Å²) >= 11 is 0.941. The molecule has 106 valence electrons. The zero-order valence-corrected chi connectivity index (χ0v) is 11.5. The van der Waals surface area contributed by atoms with Gasteiger partial charge in [0, 0.05) is 11.3 Å². The summed E-state index contributed by atoms with van der Waals surface area (Å²) in [6, 6.07) is 6.72. The number of benzene rings is 1. The summed E-state index contributed by atoms with van der Waals surface area (Å²) in [7, 11) is 0. The molecule has 0 spiro atoms. The Morgan fingerprint density at radius 1 is 1.42 bits per heavy atom. The van der Waals surface area contributed by atoms with Crippen LogP contribution in [0.4, 0.5) is 8.78 Å². The van der Waals surface area contributed by atoms with Gasteiger partial charge in [0.25, 0.3) is 5.92 Å². The predicted molar refractivity (Wildman–Crippen MR) is 72.3 cm³/mol. The van der Waals surface area contributed by atoms with Gasteiger partial charge in [0.1, 0.15) is 6.04 Å². The lowest BCUT2D eigenvalue weighted by Crippen LogP contribution is -2.35. The maximum Gasteiger partial charge on any atom is 0.323 e. The van der Waals surface area contributed by atoms with Gasteiger partial charge in [-0.25, -0.2) is 8.78 Å². The van der Waals surface area contributed by atoms with E-state index in [1.807, 2.05) is 0 Å². The normalized spacial score (nSPS) is 13.1. The summed E-state index contributed by atoms with van der Waals surface area (Å²) in [6.07, 6.45) is 0. The molecule has 6 heteroatoms. The Balaban J connectivity index is 2.42. The molecule has 0 aliphatic heterocycles. The molecule has 0 saturated carbocycles. The van der Waals surface area contributed by atoms with Crippen LogP contribution in [-0.4, -0.2) is 30.1 Å². The molecule has 0 aliphatic carbocycles. The van der Waals surface area contributed by atoms with E-state index in [9.17, 15) is 13.6 Å². The number of carbonyl (C=O) groups is 1. The number of thioether (sulfide) groups is 1. The number of hydrogen-bond donors (Lipinski definition) is 1. The number of halogens is 2. The van der Waals surface area contributed by atoms with E-state index >= 15 is 0 Å². The van der Waals surface area contributed by atoms with Gasteiger partial charge >= 0.3 is 5.97 Å². The van der Waals surface area contributed by atoms with Crippen molar-refractivity contribution in [1.29, 1.82) is 0 Å². The predicted octanol–water partition coefficient (Wildman–Crippen LogP) is 2.40. The van der Waals surface area contributed by atoms with E-state index in [0.29, 0.717) is 0 Å². The Morgan fingerprint density at radius 3 is 2.63 bits per heavy atom. The Hall–Kier alpha value is -1.14. The smallest absolute Gasteiger partial charge is 0.323 e. The first-order valence-electron chi connectivity index (χ1n) is 5.90. The summed E-state index contributed by atoms with van der Waals surface area (Å²) in [6.45, 7) is 1.90. The van der Waals surface area contributed by atoms with Crippen molar-refractivity contribution in [2.45, 2.75) is 18.9 Å². The second kappa shape index (κ2) is 7.45. The molecule has 1 aromatic rings. The zero-order valence-electron chi connectivity index (χ0n) is 10.6. The molecule has 0 aliphatic rings. The minimum Gasteiger partial charge on any atom is -0.465 e. The molecule has 0 bridgehead atoms. The average molecular weight is 289 g/mol. The largest absolute Gasteiger partial charge is 0.465 e. The first-order chi connectivity index (χ1) is 8.97. The molecule has 2 N–H and O–H groups in total. The highest BCUT2D eigenvalue weighted by molar-refractivity contribution is 7.99. The average Bonchev–Trinajstić information content (AvgIpc) is 2.39. The zero-order chi connectivity index (χ0) is 14.3. The van der Waals surface area contributed by atoms with Crippen LogP contribution in [0.25, 0.3) is 0 Å². The number of hydrogen-bond acceptors (Lipinski definition) is 4. The van der Waals surface area contributed by atoms with Gasteiger partial charge in [0.15, 0.2) is 0 Å². The van der Waals surface area contributed by atoms with Crippen LogP contribution in [-0.2, 0) is 15.5 Å². The fourth-order valence-corrected chi connectivity index (χ4v) is 2.33. The highest BCUT2D eigenvalue weighted by Gasteiger charge is 2.31. The van der Waals surface area contributed by atoms with Crippen molar-refractivity contribution in [3.05, 3.63) is 35.9 Å². The van der Waals surface area contributed by atoms with Crippen molar-refractivity contribution < 1.29 is 18.3 Å². The molecular weight excluding hydrogens is 272 g/mol. The number of nitrogens with two attached hydrogens (primary N) is 1. The van der Waals surface area contributed by atoms with E-state index < -0.39 is 23.7 Å². The maximum absolute atomic E-state index is 13.8. The van der Waals surface area contributed by atoms with E-state index in [2.05, 4.69) is 0 Å². The Bertz CT molecular complexity index is 401. The van der Waals surface area contributed by atoms with Gasteiger partial charge in [-0.2, -0.15) is 11.8 Å². The Morgan fingerprint density at radius 2 is 2.05 bits per heavy atom. The van der Waals surface area contributed by atoms with Gasteiger partial charge in [-0.05, 0) is 6.92 Å².